The summed E-state index contributed by atoms with van der Waals surface area (Å²) in [5.41, 5.74) is 2.06. The molecule has 2 heterocycles. The first-order valence-electron chi connectivity index (χ1n) is 7.28. The normalized spacial score (nSPS) is 19.6. The monoisotopic (exact) mass is 337 g/mol. The Morgan fingerprint density at radius 3 is 2.90 bits per heavy atom. The summed E-state index contributed by atoms with van der Waals surface area (Å²) >= 11 is 3.49. The van der Waals surface area contributed by atoms with E-state index in [2.05, 4.69) is 26.6 Å². The molecule has 1 aromatic carbocycles. The molecular formula is C15H20BrN3O. The first kappa shape index (κ1) is 13.9. The summed E-state index contributed by atoms with van der Waals surface area (Å²) in [6, 6.07) is 6.07. The molecule has 4 nitrogen and oxygen atoms in total. The van der Waals surface area contributed by atoms with E-state index in [0.29, 0.717) is 6.54 Å². The van der Waals surface area contributed by atoms with Gasteiger partial charge in [0.05, 0.1) is 17.9 Å². The molecule has 2 aliphatic heterocycles. The number of nitrogens with one attached hydrogen (secondary N) is 2. The van der Waals surface area contributed by atoms with Gasteiger partial charge < -0.3 is 15.5 Å². The van der Waals surface area contributed by atoms with Crippen LogP contribution in [0.5, 0.6) is 0 Å². The lowest BCUT2D eigenvalue weighted by atomic mass is 9.94. The minimum atomic E-state index is 0.171. The molecule has 1 saturated heterocycles. The first-order valence-corrected chi connectivity index (χ1v) is 8.08. The van der Waals surface area contributed by atoms with Gasteiger partial charge in [-0.2, -0.15) is 0 Å². The minimum Gasteiger partial charge on any atom is -0.374 e. The zero-order chi connectivity index (χ0) is 13.9. The molecule has 1 fully saturated rings. The number of hydrogen-bond donors (Lipinski definition) is 2. The SMILES string of the molecule is O=C1CNc2ccc(Br)cc2N1CCC1CCNCC1. The molecule has 20 heavy (non-hydrogen) atoms. The molecule has 0 aromatic heterocycles. The van der Waals surface area contributed by atoms with Crippen LogP contribution in [0.4, 0.5) is 11.4 Å². The van der Waals surface area contributed by atoms with E-state index in [1.54, 1.807) is 0 Å². The van der Waals surface area contributed by atoms with E-state index in [0.717, 1.165) is 47.8 Å². The maximum absolute atomic E-state index is 12.2. The van der Waals surface area contributed by atoms with Gasteiger partial charge in [-0.1, -0.05) is 15.9 Å². The molecule has 2 aliphatic rings. The molecule has 1 aromatic rings. The van der Waals surface area contributed by atoms with Crippen molar-refractivity contribution < 1.29 is 4.79 Å². The highest BCUT2D eigenvalue weighted by Crippen LogP contribution is 2.33. The fourth-order valence-electron chi connectivity index (χ4n) is 3.01. The third-order valence-electron chi connectivity index (χ3n) is 4.20. The number of anilines is 2. The molecule has 5 heteroatoms. The van der Waals surface area contributed by atoms with E-state index in [1.165, 1.54) is 12.8 Å². The fraction of sp³-hybridized carbons (Fsp3) is 0.533. The zero-order valence-corrected chi connectivity index (χ0v) is 13.1. The predicted molar refractivity (Wildman–Crippen MR) is 85.2 cm³/mol. The molecule has 0 bridgehead atoms. The number of carbonyl (C=O) groups excluding carboxylic acids is 1. The highest BCUT2D eigenvalue weighted by atomic mass is 79.9. The maximum atomic E-state index is 12.2. The summed E-state index contributed by atoms with van der Waals surface area (Å²) in [6.45, 7) is 3.46. The van der Waals surface area contributed by atoms with Crippen molar-refractivity contribution in [2.45, 2.75) is 19.3 Å². The number of hydrogen-bond acceptors (Lipinski definition) is 3. The Bertz CT molecular complexity index is 500. The lowest BCUT2D eigenvalue weighted by Crippen LogP contribution is -2.41. The van der Waals surface area contributed by atoms with Gasteiger partial charge >= 0.3 is 0 Å². The van der Waals surface area contributed by atoms with E-state index < -0.39 is 0 Å². The molecular weight excluding hydrogens is 318 g/mol. The van der Waals surface area contributed by atoms with Gasteiger partial charge in [0.2, 0.25) is 5.91 Å². The molecule has 0 spiro atoms. The van der Waals surface area contributed by atoms with Crippen LogP contribution in [0.1, 0.15) is 19.3 Å². The topological polar surface area (TPSA) is 44.4 Å². The highest BCUT2D eigenvalue weighted by Gasteiger charge is 2.25. The summed E-state index contributed by atoms with van der Waals surface area (Å²) in [5, 5.41) is 6.57. The number of rotatable bonds is 3. The van der Waals surface area contributed by atoms with Crippen molar-refractivity contribution >= 4 is 33.2 Å². The van der Waals surface area contributed by atoms with Crippen molar-refractivity contribution in [3.63, 3.8) is 0 Å². The van der Waals surface area contributed by atoms with Crippen LogP contribution < -0.4 is 15.5 Å². The Balaban J connectivity index is 1.71. The second-order valence-corrected chi connectivity index (χ2v) is 6.46. The number of amides is 1. The minimum absolute atomic E-state index is 0.171. The van der Waals surface area contributed by atoms with Gasteiger partial charge in [0.1, 0.15) is 0 Å². The van der Waals surface area contributed by atoms with Gasteiger partial charge in [-0.05, 0) is 56.5 Å². The number of nitrogens with zero attached hydrogens (tertiary/aromatic N) is 1. The lowest BCUT2D eigenvalue weighted by molar-refractivity contribution is -0.117. The van der Waals surface area contributed by atoms with Crippen molar-refractivity contribution in [1.82, 2.24) is 5.32 Å². The molecule has 0 unspecified atom stereocenters. The smallest absolute Gasteiger partial charge is 0.246 e. The van der Waals surface area contributed by atoms with Crippen LogP contribution in [0.3, 0.4) is 0 Å². The number of halogens is 1. The molecule has 1 amide bonds. The number of fused-ring (bicyclic) bond motifs is 1. The summed E-state index contributed by atoms with van der Waals surface area (Å²) in [6.07, 6.45) is 3.55. The van der Waals surface area contributed by atoms with Crippen LogP contribution in [0.25, 0.3) is 0 Å². The van der Waals surface area contributed by atoms with E-state index in [4.69, 9.17) is 0 Å². The molecule has 0 radical (unpaired) electrons. The van der Waals surface area contributed by atoms with Gasteiger partial charge in [0.15, 0.2) is 0 Å². The predicted octanol–water partition coefficient (Wildman–Crippen LogP) is 2.60. The Morgan fingerprint density at radius 2 is 2.10 bits per heavy atom. The molecule has 108 valence electrons. The average molecular weight is 338 g/mol. The Morgan fingerprint density at radius 1 is 1.30 bits per heavy atom. The largest absolute Gasteiger partial charge is 0.374 e. The quantitative estimate of drug-likeness (QED) is 0.891. The number of carbonyl (C=O) groups is 1. The highest BCUT2D eigenvalue weighted by molar-refractivity contribution is 9.10. The molecule has 3 rings (SSSR count). The maximum Gasteiger partial charge on any atom is 0.246 e. The van der Waals surface area contributed by atoms with Crippen LogP contribution >= 0.6 is 15.9 Å². The number of benzene rings is 1. The van der Waals surface area contributed by atoms with Gasteiger partial charge in [-0.3, -0.25) is 4.79 Å². The third-order valence-corrected chi connectivity index (χ3v) is 4.69. The van der Waals surface area contributed by atoms with Crippen molar-refractivity contribution in [1.29, 1.82) is 0 Å². The Kier molecular flexibility index (Phi) is 4.27. The first-order chi connectivity index (χ1) is 9.74. The van der Waals surface area contributed by atoms with E-state index in [1.807, 2.05) is 23.1 Å². The summed E-state index contributed by atoms with van der Waals surface area (Å²) in [5.74, 6) is 0.916. The van der Waals surface area contributed by atoms with Crippen LogP contribution in [0.15, 0.2) is 22.7 Å². The van der Waals surface area contributed by atoms with Crippen molar-refractivity contribution in [2.75, 3.05) is 36.4 Å². The molecule has 0 atom stereocenters. The van der Waals surface area contributed by atoms with E-state index in [9.17, 15) is 4.79 Å². The fourth-order valence-corrected chi connectivity index (χ4v) is 3.35. The molecule has 0 aliphatic carbocycles. The average Bonchev–Trinajstić information content (AvgIpc) is 2.47. The lowest BCUT2D eigenvalue weighted by Gasteiger charge is -2.32. The standard InChI is InChI=1S/C15H20BrN3O/c16-12-1-2-13-14(9-12)19(15(20)10-18-13)8-5-11-3-6-17-7-4-11/h1-2,9,11,17-18H,3-8,10H2. The van der Waals surface area contributed by atoms with Gasteiger partial charge in [0.25, 0.3) is 0 Å². The van der Waals surface area contributed by atoms with Crippen LogP contribution in [-0.4, -0.2) is 32.1 Å². The van der Waals surface area contributed by atoms with Crippen molar-refractivity contribution in [3.8, 4) is 0 Å². The van der Waals surface area contributed by atoms with Crippen LogP contribution in [-0.2, 0) is 4.79 Å². The van der Waals surface area contributed by atoms with Gasteiger partial charge in [-0.15, -0.1) is 0 Å². The Labute approximate surface area is 128 Å². The zero-order valence-electron chi connectivity index (χ0n) is 11.5. The van der Waals surface area contributed by atoms with Gasteiger partial charge in [0, 0.05) is 11.0 Å². The van der Waals surface area contributed by atoms with Crippen LogP contribution in [0.2, 0.25) is 0 Å². The van der Waals surface area contributed by atoms with Crippen molar-refractivity contribution in [3.05, 3.63) is 22.7 Å². The van der Waals surface area contributed by atoms with E-state index >= 15 is 0 Å². The molecule has 0 saturated carbocycles. The second kappa shape index (κ2) is 6.14. The summed E-state index contributed by atoms with van der Waals surface area (Å²) in [7, 11) is 0. The van der Waals surface area contributed by atoms with Crippen molar-refractivity contribution in [2.24, 2.45) is 5.92 Å². The summed E-state index contributed by atoms with van der Waals surface area (Å²) < 4.78 is 1.01. The molecule has 2 N–H and O–H groups in total. The van der Waals surface area contributed by atoms with Crippen LogP contribution in [0, 0.1) is 5.92 Å². The Hall–Kier alpha value is -1.07. The number of piperidine rings is 1. The second-order valence-electron chi connectivity index (χ2n) is 5.54. The van der Waals surface area contributed by atoms with E-state index in [-0.39, 0.29) is 5.91 Å². The van der Waals surface area contributed by atoms with Gasteiger partial charge in [-0.25, -0.2) is 0 Å². The summed E-state index contributed by atoms with van der Waals surface area (Å²) in [4.78, 5) is 14.1. The third kappa shape index (κ3) is 2.99.